The molecule has 0 fully saturated rings. The third-order valence-electron chi connectivity index (χ3n) is 4.25. The third-order valence-corrected chi connectivity index (χ3v) is 7.45. The van der Waals surface area contributed by atoms with E-state index in [-0.39, 0.29) is 12.2 Å². The SMILES string of the molecule is O=P(O)(OF)OCC(O)CSSCCCCCCCCCOC(C(F)(F)F)(C(F)(F)F)C(F)(F)F. The van der Waals surface area contributed by atoms with Gasteiger partial charge in [-0.05, 0) is 17.4 Å². The Morgan fingerprint density at radius 3 is 1.69 bits per heavy atom. The first kappa shape index (κ1) is 35.0. The molecule has 0 saturated carbocycles. The molecule has 0 aliphatic rings. The van der Waals surface area contributed by atoms with Gasteiger partial charge >= 0.3 is 32.0 Å². The molecule has 0 aromatic carbocycles. The van der Waals surface area contributed by atoms with Gasteiger partial charge in [0.1, 0.15) is 0 Å². The van der Waals surface area contributed by atoms with Gasteiger partial charge < -0.3 is 14.7 Å². The Morgan fingerprint density at radius 2 is 1.23 bits per heavy atom. The standard InChI is InChI=1S/C16H25F10O6PS2/c17-14(18,19)13(15(20,21)22,16(23,24)25)30-8-6-4-2-1-3-5-7-9-34-35-11-12(27)10-31-33(28,29)32-26/h12,27H,1-11H2,(H,28,29). The van der Waals surface area contributed by atoms with Gasteiger partial charge in [-0.1, -0.05) is 58.4 Å². The smallest absolute Gasteiger partial charge is 0.390 e. The summed E-state index contributed by atoms with van der Waals surface area (Å²) in [5.74, 6) is 0.782. The number of unbranched alkanes of at least 4 members (excludes halogenated alkanes) is 6. The second kappa shape index (κ2) is 15.4. The topological polar surface area (TPSA) is 85.2 Å². The lowest BCUT2D eigenvalue weighted by molar-refractivity contribution is -0.457. The van der Waals surface area contributed by atoms with E-state index in [1.807, 2.05) is 0 Å². The number of hydrogen-bond acceptors (Lipinski definition) is 7. The fourth-order valence-electron chi connectivity index (χ4n) is 2.53. The number of halogens is 10. The van der Waals surface area contributed by atoms with Gasteiger partial charge in [-0.3, -0.25) is 4.52 Å². The van der Waals surface area contributed by atoms with Crippen molar-refractivity contribution in [2.75, 3.05) is 24.7 Å². The molecular formula is C16H25F10O6PS2. The number of rotatable bonds is 18. The van der Waals surface area contributed by atoms with E-state index in [0.29, 0.717) is 25.0 Å². The quantitative estimate of drug-likeness (QED) is 0.0762. The minimum Gasteiger partial charge on any atom is -0.390 e. The number of aliphatic hydroxyl groups excluding tert-OH is 1. The Kier molecular flexibility index (Phi) is 15.5. The number of phosphoric acid groups is 1. The van der Waals surface area contributed by atoms with Crippen LogP contribution in [0.3, 0.4) is 0 Å². The minimum absolute atomic E-state index is 0.0857. The third kappa shape index (κ3) is 12.4. The molecule has 212 valence electrons. The molecule has 0 radical (unpaired) electrons. The largest absolute Gasteiger partial charge is 0.503 e. The monoisotopic (exact) mass is 598 g/mol. The van der Waals surface area contributed by atoms with Crippen molar-refractivity contribution in [1.29, 1.82) is 0 Å². The van der Waals surface area contributed by atoms with Crippen LogP contribution >= 0.6 is 29.4 Å². The van der Waals surface area contributed by atoms with Crippen LogP contribution in [0.15, 0.2) is 0 Å². The van der Waals surface area contributed by atoms with Crippen LogP contribution in [0.25, 0.3) is 0 Å². The zero-order valence-corrected chi connectivity index (χ0v) is 20.5. The maximum atomic E-state index is 12.7. The van der Waals surface area contributed by atoms with Crippen molar-refractivity contribution in [1.82, 2.24) is 0 Å². The van der Waals surface area contributed by atoms with Gasteiger partial charge in [0.2, 0.25) is 0 Å². The number of phosphoric ester groups is 1. The molecule has 0 aliphatic carbocycles. The number of ether oxygens (including phenoxy) is 1. The minimum atomic E-state index is -6.72. The molecule has 0 aromatic rings. The van der Waals surface area contributed by atoms with Crippen LogP contribution in [-0.2, 0) is 18.6 Å². The number of alkyl halides is 9. The molecule has 35 heavy (non-hydrogen) atoms. The van der Waals surface area contributed by atoms with Crippen molar-refractivity contribution in [3.05, 3.63) is 0 Å². The lowest BCUT2D eigenvalue weighted by Gasteiger charge is -2.38. The molecule has 6 nitrogen and oxygen atoms in total. The van der Waals surface area contributed by atoms with Gasteiger partial charge in [-0.25, -0.2) is 4.57 Å². The van der Waals surface area contributed by atoms with E-state index >= 15 is 0 Å². The Bertz CT molecular complexity index is 599. The molecule has 0 saturated heterocycles. The van der Waals surface area contributed by atoms with Crippen LogP contribution in [0, 0.1) is 0 Å². The van der Waals surface area contributed by atoms with E-state index in [0.717, 1.165) is 12.8 Å². The van der Waals surface area contributed by atoms with E-state index in [1.165, 1.54) is 21.6 Å². The normalized spacial score (nSPS) is 16.3. The Hall–Kier alpha value is 0.0300. The van der Waals surface area contributed by atoms with Crippen molar-refractivity contribution >= 4 is 29.4 Å². The highest BCUT2D eigenvalue weighted by Crippen LogP contribution is 2.54. The fraction of sp³-hybridized carbons (Fsp3) is 1.00. The van der Waals surface area contributed by atoms with Crippen molar-refractivity contribution in [3.8, 4) is 0 Å². The average Bonchev–Trinajstić information content (AvgIpc) is 2.69. The molecule has 0 rings (SSSR count). The lowest BCUT2D eigenvalue weighted by atomic mass is 10.0. The summed E-state index contributed by atoms with van der Waals surface area (Å²) in [5.41, 5.74) is -6.23. The van der Waals surface area contributed by atoms with Crippen molar-refractivity contribution in [2.24, 2.45) is 0 Å². The fourth-order valence-corrected chi connectivity index (χ4v) is 5.19. The second-order valence-electron chi connectivity index (χ2n) is 7.09. The summed E-state index contributed by atoms with van der Waals surface area (Å²) in [4.78, 5) is 8.65. The number of aliphatic hydroxyl groups is 1. The summed E-state index contributed by atoms with van der Waals surface area (Å²) < 4.78 is 147. The Morgan fingerprint density at radius 1 is 0.771 bits per heavy atom. The molecule has 2 unspecified atom stereocenters. The number of hydrogen-bond donors (Lipinski definition) is 2. The molecule has 2 N–H and O–H groups in total. The van der Waals surface area contributed by atoms with Crippen molar-refractivity contribution < 1.29 is 72.6 Å². The first-order valence-corrected chi connectivity index (χ1v) is 13.9. The Labute approximate surface area is 202 Å². The molecule has 0 aromatic heterocycles. The van der Waals surface area contributed by atoms with E-state index in [9.17, 15) is 53.7 Å². The maximum Gasteiger partial charge on any atom is 0.503 e. The van der Waals surface area contributed by atoms with Crippen LogP contribution < -0.4 is 0 Å². The van der Waals surface area contributed by atoms with Crippen molar-refractivity contribution in [2.45, 2.75) is 75.2 Å². The van der Waals surface area contributed by atoms with E-state index in [4.69, 9.17) is 4.89 Å². The highest BCUT2D eigenvalue weighted by molar-refractivity contribution is 8.76. The van der Waals surface area contributed by atoms with Crippen molar-refractivity contribution in [3.63, 3.8) is 0 Å². The van der Waals surface area contributed by atoms with Gasteiger partial charge in [0.25, 0.3) is 0 Å². The predicted molar refractivity (Wildman–Crippen MR) is 108 cm³/mol. The summed E-state index contributed by atoms with van der Waals surface area (Å²) >= 11 is 0. The van der Waals surface area contributed by atoms with Gasteiger partial charge in [0.15, 0.2) is 0 Å². The first-order chi connectivity index (χ1) is 15.9. The molecule has 0 spiro atoms. The van der Waals surface area contributed by atoms with Crippen LogP contribution in [-0.4, -0.2) is 65.0 Å². The van der Waals surface area contributed by atoms with Crippen LogP contribution in [0.4, 0.5) is 44.0 Å². The average molecular weight is 598 g/mol. The van der Waals surface area contributed by atoms with Crippen LogP contribution in [0.5, 0.6) is 0 Å². The van der Waals surface area contributed by atoms with Gasteiger partial charge in [-0.15, -0.1) is 0 Å². The van der Waals surface area contributed by atoms with Gasteiger partial charge in [-0.2, -0.15) is 39.5 Å². The zero-order valence-electron chi connectivity index (χ0n) is 17.9. The molecule has 0 aliphatic heterocycles. The van der Waals surface area contributed by atoms with E-state index in [1.54, 1.807) is 0 Å². The van der Waals surface area contributed by atoms with Gasteiger partial charge in [0.05, 0.1) is 12.7 Å². The zero-order chi connectivity index (χ0) is 27.4. The predicted octanol–water partition coefficient (Wildman–Crippen LogP) is 6.92. The van der Waals surface area contributed by atoms with Gasteiger partial charge in [0, 0.05) is 18.1 Å². The summed E-state index contributed by atoms with van der Waals surface area (Å²) in [6.45, 7) is -1.97. The lowest BCUT2D eigenvalue weighted by Crippen LogP contribution is -2.67. The first-order valence-electron chi connectivity index (χ1n) is 9.95. The van der Waals surface area contributed by atoms with Crippen LogP contribution in [0.1, 0.15) is 44.9 Å². The summed E-state index contributed by atoms with van der Waals surface area (Å²) in [6.07, 6.45) is -18.5. The summed E-state index contributed by atoms with van der Waals surface area (Å²) in [7, 11) is -2.20. The second-order valence-corrected chi connectivity index (χ2v) is 11.1. The summed E-state index contributed by atoms with van der Waals surface area (Å²) in [6, 6.07) is 0. The highest BCUT2D eigenvalue weighted by Gasteiger charge is 2.85. The maximum absolute atomic E-state index is 12.7. The molecule has 19 heteroatoms. The summed E-state index contributed by atoms with van der Waals surface area (Å²) in [5, 5.41) is 9.49. The molecule has 0 amide bonds. The molecule has 0 bridgehead atoms. The molecule has 0 heterocycles. The van der Waals surface area contributed by atoms with Crippen LogP contribution in [0.2, 0.25) is 0 Å². The van der Waals surface area contributed by atoms with E-state index in [2.05, 4.69) is 14.0 Å². The molecule has 2 atom stereocenters. The highest BCUT2D eigenvalue weighted by atomic mass is 33.1. The molecular weight excluding hydrogens is 573 g/mol. The van der Waals surface area contributed by atoms with E-state index < -0.39 is 57.7 Å². The Balaban J connectivity index is 3.97.